The highest BCUT2D eigenvalue weighted by Gasteiger charge is 2.20. The summed E-state index contributed by atoms with van der Waals surface area (Å²) < 4.78 is 2.23. The third-order valence-corrected chi connectivity index (χ3v) is 5.75. The molecule has 5 nitrogen and oxygen atoms in total. The third kappa shape index (κ3) is 4.13. The average Bonchev–Trinajstić information content (AvgIpc) is 3.21. The van der Waals surface area contributed by atoms with Crippen LogP contribution in [0.5, 0.6) is 0 Å². The summed E-state index contributed by atoms with van der Waals surface area (Å²) in [4.78, 5) is 16.2. The molecule has 0 radical (unpaired) electrons. The van der Waals surface area contributed by atoms with Gasteiger partial charge in [-0.05, 0) is 29.8 Å². The second-order valence-electron chi connectivity index (χ2n) is 7.63. The molecule has 0 atom stereocenters. The first kappa shape index (κ1) is 19.0. The minimum absolute atomic E-state index is 0.721. The Morgan fingerprint density at radius 1 is 0.933 bits per heavy atom. The first-order valence-corrected chi connectivity index (χ1v) is 10.5. The number of nitrogens with zero attached hydrogens (tertiary/aromatic N) is 5. The van der Waals surface area contributed by atoms with Crippen molar-refractivity contribution in [1.29, 1.82) is 0 Å². The Balaban J connectivity index is 1.29. The van der Waals surface area contributed by atoms with E-state index < -0.39 is 0 Å². The largest absolute Gasteiger partial charge is 0.329 e. The molecule has 4 aromatic rings. The van der Waals surface area contributed by atoms with Crippen LogP contribution >= 0.6 is 11.6 Å². The fourth-order valence-electron chi connectivity index (χ4n) is 3.88. The van der Waals surface area contributed by atoms with E-state index in [1.165, 1.54) is 16.8 Å². The van der Waals surface area contributed by atoms with E-state index in [2.05, 4.69) is 43.7 Å². The maximum absolute atomic E-state index is 5.99. The van der Waals surface area contributed by atoms with Crippen molar-refractivity contribution >= 4 is 11.6 Å². The molecule has 2 aromatic carbocycles. The van der Waals surface area contributed by atoms with Crippen LogP contribution in [0.1, 0.15) is 22.5 Å². The number of rotatable bonds is 5. The summed E-state index contributed by atoms with van der Waals surface area (Å²) in [6.07, 6.45) is 6.78. The Kier molecular flexibility index (Phi) is 5.30. The van der Waals surface area contributed by atoms with Crippen LogP contribution in [-0.4, -0.2) is 31.0 Å². The van der Waals surface area contributed by atoms with E-state index in [0.29, 0.717) is 0 Å². The van der Waals surface area contributed by atoms with Gasteiger partial charge in [-0.1, -0.05) is 41.9 Å². The van der Waals surface area contributed by atoms with Crippen molar-refractivity contribution in [2.45, 2.75) is 26.1 Å². The van der Waals surface area contributed by atoms with Crippen LogP contribution in [0, 0.1) is 0 Å². The standard InChI is InChI=1S/C24H22ClN5/c25-21-8-6-19(7-9-21)24-27-12-20-15-29(11-10-23(20)28-24)16-22-13-26-17-30(22)14-18-4-2-1-3-5-18/h1-9,12-13,17H,10-11,14-16H2. The van der Waals surface area contributed by atoms with Crippen LogP contribution in [0.2, 0.25) is 5.02 Å². The summed E-state index contributed by atoms with van der Waals surface area (Å²) >= 11 is 5.99. The van der Waals surface area contributed by atoms with Gasteiger partial charge in [-0.3, -0.25) is 4.90 Å². The van der Waals surface area contributed by atoms with Crippen LogP contribution < -0.4 is 0 Å². The molecule has 0 fully saturated rings. The van der Waals surface area contributed by atoms with Gasteiger partial charge in [-0.25, -0.2) is 15.0 Å². The minimum Gasteiger partial charge on any atom is -0.329 e. The Labute approximate surface area is 181 Å². The molecule has 0 amide bonds. The fraction of sp³-hybridized carbons (Fsp3) is 0.208. The molecule has 0 N–H and O–H groups in total. The van der Waals surface area contributed by atoms with Crippen LogP contribution in [0.3, 0.4) is 0 Å². The average molecular weight is 416 g/mol. The van der Waals surface area contributed by atoms with Crippen molar-refractivity contribution < 1.29 is 0 Å². The topological polar surface area (TPSA) is 46.8 Å². The number of benzene rings is 2. The number of aromatic nitrogens is 4. The van der Waals surface area contributed by atoms with Gasteiger partial charge < -0.3 is 4.57 Å². The molecule has 0 unspecified atom stereocenters. The van der Waals surface area contributed by atoms with E-state index in [-0.39, 0.29) is 0 Å². The lowest BCUT2D eigenvalue weighted by molar-refractivity contribution is 0.237. The van der Waals surface area contributed by atoms with Crippen molar-refractivity contribution in [3.05, 3.63) is 101 Å². The maximum Gasteiger partial charge on any atom is 0.159 e. The third-order valence-electron chi connectivity index (χ3n) is 5.50. The molecule has 0 bridgehead atoms. The summed E-state index contributed by atoms with van der Waals surface area (Å²) in [5.74, 6) is 0.764. The number of fused-ring (bicyclic) bond motifs is 1. The predicted molar refractivity (Wildman–Crippen MR) is 118 cm³/mol. The van der Waals surface area contributed by atoms with E-state index in [1.54, 1.807) is 0 Å². The lowest BCUT2D eigenvalue weighted by atomic mass is 10.1. The van der Waals surface area contributed by atoms with E-state index in [0.717, 1.165) is 54.7 Å². The molecule has 2 aromatic heterocycles. The van der Waals surface area contributed by atoms with Crippen LogP contribution in [0.4, 0.5) is 0 Å². The zero-order chi connectivity index (χ0) is 20.3. The van der Waals surface area contributed by atoms with Crippen molar-refractivity contribution in [2.24, 2.45) is 0 Å². The molecule has 30 heavy (non-hydrogen) atoms. The first-order chi connectivity index (χ1) is 14.7. The Morgan fingerprint density at radius 3 is 2.60 bits per heavy atom. The Morgan fingerprint density at radius 2 is 1.77 bits per heavy atom. The summed E-state index contributed by atoms with van der Waals surface area (Å²) in [7, 11) is 0. The first-order valence-electron chi connectivity index (χ1n) is 10.1. The quantitative estimate of drug-likeness (QED) is 0.478. The second kappa shape index (κ2) is 8.38. The second-order valence-corrected chi connectivity index (χ2v) is 8.07. The molecule has 0 saturated heterocycles. The molecule has 1 aliphatic heterocycles. The van der Waals surface area contributed by atoms with Crippen molar-refractivity contribution in [2.75, 3.05) is 6.54 Å². The van der Waals surface area contributed by atoms with Crippen LogP contribution in [0.15, 0.2) is 73.3 Å². The van der Waals surface area contributed by atoms with E-state index in [9.17, 15) is 0 Å². The molecule has 6 heteroatoms. The molecule has 0 saturated carbocycles. The predicted octanol–water partition coefficient (Wildman–Crippen LogP) is 4.60. The Bertz CT molecular complexity index is 1140. The van der Waals surface area contributed by atoms with Crippen LogP contribution in [-0.2, 0) is 26.1 Å². The van der Waals surface area contributed by atoms with Crippen LogP contribution in [0.25, 0.3) is 11.4 Å². The number of imidazole rings is 1. The maximum atomic E-state index is 5.99. The lowest BCUT2D eigenvalue weighted by Gasteiger charge is -2.28. The van der Waals surface area contributed by atoms with E-state index in [1.807, 2.05) is 49.1 Å². The summed E-state index contributed by atoms with van der Waals surface area (Å²) in [5.41, 5.74) is 5.84. The molecule has 5 rings (SSSR count). The molecule has 0 aliphatic carbocycles. The van der Waals surface area contributed by atoms with Gasteiger partial charge in [0.1, 0.15) is 0 Å². The van der Waals surface area contributed by atoms with Gasteiger partial charge in [0.15, 0.2) is 5.82 Å². The van der Waals surface area contributed by atoms with Gasteiger partial charge in [0, 0.05) is 61.1 Å². The normalized spacial score (nSPS) is 13.9. The monoisotopic (exact) mass is 415 g/mol. The number of hydrogen-bond acceptors (Lipinski definition) is 4. The summed E-state index contributed by atoms with van der Waals surface area (Å²) in [5, 5.41) is 0.721. The van der Waals surface area contributed by atoms with Crippen molar-refractivity contribution in [3.63, 3.8) is 0 Å². The zero-order valence-corrected chi connectivity index (χ0v) is 17.3. The Hall–Kier alpha value is -3.02. The van der Waals surface area contributed by atoms with E-state index in [4.69, 9.17) is 16.6 Å². The fourth-order valence-corrected chi connectivity index (χ4v) is 4.00. The summed E-state index contributed by atoms with van der Waals surface area (Å²) in [6, 6.07) is 18.2. The SMILES string of the molecule is Clc1ccc(-c2ncc3c(n2)CCN(Cc2cncn2Cc2ccccc2)C3)cc1. The van der Waals surface area contributed by atoms with Gasteiger partial charge in [-0.15, -0.1) is 0 Å². The highest BCUT2D eigenvalue weighted by molar-refractivity contribution is 6.30. The smallest absolute Gasteiger partial charge is 0.159 e. The van der Waals surface area contributed by atoms with Crippen molar-refractivity contribution in [1.82, 2.24) is 24.4 Å². The van der Waals surface area contributed by atoms with Gasteiger partial charge in [0.25, 0.3) is 0 Å². The number of hydrogen-bond donors (Lipinski definition) is 0. The highest BCUT2D eigenvalue weighted by Crippen LogP contribution is 2.23. The van der Waals surface area contributed by atoms with Gasteiger partial charge in [0.2, 0.25) is 0 Å². The molecule has 0 spiro atoms. The number of halogens is 1. The minimum atomic E-state index is 0.721. The van der Waals surface area contributed by atoms with Gasteiger partial charge in [-0.2, -0.15) is 0 Å². The molecule has 1 aliphatic rings. The van der Waals surface area contributed by atoms with Gasteiger partial charge >= 0.3 is 0 Å². The highest BCUT2D eigenvalue weighted by atomic mass is 35.5. The van der Waals surface area contributed by atoms with Gasteiger partial charge in [0.05, 0.1) is 17.7 Å². The molecule has 150 valence electrons. The molecular formula is C24H22ClN5. The summed E-state index contributed by atoms with van der Waals surface area (Å²) in [6.45, 7) is 3.53. The van der Waals surface area contributed by atoms with E-state index >= 15 is 0 Å². The van der Waals surface area contributed by atoms with Crippen molar-refractivity contribution in [3.8, 4) is 11.4 Å². The molecule has 3 heterocycles. The zero-order valence-electron chi connectivity index (χ0n) is 16.6. The lowest BCUT2D eigenvalue weighted by Crippen LogP contribution is -2.31. The molecular weight excluding hydrogens is 394 g/mol.